The second kappa shape index (κ2) is 8.59. The van der Waals surface area contributed by atoms with Gasteiger partial charge in [0.05, 0.1) is 5.69 Å². The van der Waals surface area contributed by atoms with Crippen molar-refractivity contribution in [1.29, 1.82) is 0 Å². The molecule has 2 aromatic rings. The predicted molar refractivity (Wildman–Crippen MR) is 104 cm³/mol. The number of carbonyl (C=O) groups is 1. The van der Waals surface area contributed by atoms with Gasteiger partial charge in [-0.1, -0.05) is 23.7 Å². The third kappa shape index (κ3) is 5.11. The molecule has 1 aliphatic rings. The fourth-order valence-corrected chi connectivity index (χ4v) is 3.45. The van der Waals surface area contributed by atoms with E-state index in [1.54, 1.807) is 30.3 Å². The largest absolute Gasteiger partial charge is 0.482 e. The quantitative estimate of drug-likeness (QED) is 0.795. The lowest BCUT2D eigenvalue weighted by atomic mass is 10.1. The maximum absolute atomic E-state index is 13.0. The number of anilines is 1. The van der Waals surface area contributed by atoms with Crippen LogP contribution in [0.4, 0.5) is 10.1 Å². The van der Waals surface area contributed by atoms with Gasteiger partial charge in [-0.25, -0.2) is 4.39 Å². The molecule has 0 radical (unpaired) electrons. The van der Waals surface area contributed by atoms with Crippen molar-refractivity contribution in [2.24, 2.45) is 0 Å². The molecule has 7 heteroatoms. The summed E-state index contributed by atoms with van der Waals surface area (Å²) in [4.78, 5) is 16.6. The fraction of sp³-hybridized carbons (Fsp3) is 0.350. The van der Waals surface area contributed by atoms with Crippen molar-refractivity contribution >= 4 is 23.2 Å². The molecule has 5 nitrogen and oxygen atoms in total. The number of hydrogen-bond acceptors (Lipinski definition) is 4. The molecule has 0 aliphatic carbocycles. The van der Waals surface area contributed by atoms with E-state index < -0.39 is 0 Å². The van der Waals surface area contributed by atoms with Gasteiger partial charge in [-0.05, 0) is 42.8 Å². The second-order valence-electron chi connectivity index (χ2n) is 6.77. The molecule has 0 spiro atoms. The highest BCUT2D eigenvalue weighted by Crippen LogP contribution is 2.25. The summed E-state index contributed by atoms with van der Waals surface area (Å²) < 4.78 is 18.6. The minimum absolute atomic E-state index is 0.0614. The van der Waals surface area contributed by atoms with Crippen LogP contribution in [0.15, 0.2) is 42.5 Å². The first-order valence-corrected chi connectivity index (χ1v) is 9.24. The average Bonchev–Trinajstić information content (AvgIpc) is 2.63. The first-order chi connectivity index (χ1) is 12.9. The van der Waals surface area contributed by atoms with E-state index in [4.69, 9.17) is 22.1 Å². The lowest BCUT2D eigenvalue weighted by molar-refractivity contribution is -0.137. The Morgan fingerprint density at radius 2 is 2.00 bits per heavy atom. The Hall–Kier alpha value is -2.31. The van der Waals surface area contributed by atoms with Crippen LogP contribution in [-0.2, 0) is 11.3 Å². The van der Waals surface area contributed by atoms with Gasteiger partial charge in [-0.15, -0.1) is 0 Å². The van der Waals surface area contributed by atoms with Crippen molar-refractivity contribution in [2.75, 3.05) is 32.0 Å². The van der Waals surface area contributed by atoms with Crippen molar-refractivity contribution in [3.8, 4) is 5.75 Å². The zero-order chi connectivity index (χ0) is 19.4. The first-order valence-electron chi connectivity index (χ1n) is 8.86. The number of rotatable bonds is 5. The molecule has 1 atom stereocenters. The van der Waals surface area contributed by atoms with Crippen LogP contribution >= 0.6 is 11.6 Å². The number of nitrogen functional groups attached to an aromatic ring is 1. The summed E-state index contributed by atoms with van der Waals surface area (Å²) in [6.07, 6.45) is 0. The number of nitrogens with two attached hydrogens (primary N) is 1. The minimum atomic E-state index is -0.233. The Morgan fingerprint density at radius 3 is 2.67 bits per heavy atom. The molecule has 1 unspecified atom stereocenters. The van der Waals surface area contributed by atoms with Gasteiger partial charge in [0.2, 0.25) is 0 Å². The summed E-state index contributed by atoms with van der Waals surface area (Å²) in [7, 11) is 0. The molecule has 1 fully saturated rings. The van der Waals surface area contributed by atoms with Crippen LogP contribution in [-0.4, -0.2) is 48.0 Å². The Morgan fingerprint density at radius 1 is 1.26 bits per heavy atom. The van der Waals surface area contributed by atoms with Gasteiger partial charge in [0.15, 0.2) is 6.61 Å². The summed E-state index contributed by atoms with van der Waals surface area (Å²) in [6.45, 7) is 4.84. The number of piperazine rings is 1. The number of nitrogens with zero attached hydrogens (tertiary/aromatic N) is 2. The molecule has 1 saturated heterocycles. The van der Waals surface area contributed by atoms with E-state index in [-0.39, 0.29) is 24.4 Å². The highest BCUT2D eigenvalue weighted by atomic mass is 35.5. The van der Waals surface area contributed by atoms with Crippen molar-refractivity contribution in [1.82, 2.24) is 9.80 Å². The topological polar surface area (TPSA) is 58.8 Å². The third-order valence-corrected chi connectivity index (χ3v) is 4.91. The molecule has 0 saturated carbocycles. The Balaban J connectivity index is 1.51. The molecule has 2 N–H and O–H groups in total. The second-order valence-corrected chi connectivity index (χ2v) is 7.20. The molecule has 0 bridgehead atoms. The van der Waals surface area contributed by atoms with Gasteiger partial charge >= 0.3 is 0 Å². The molecule has 144 valence electrons. The summed E-state index contributed by atoms with van der Waals surface area (Å²) in [5.74, 6) is 0.150. The van der Waals surface area contributed by atoms with Crippen LogP contribution in [0.3, 0.4) is 0 Å². The van der Waals surface area contributed by atoms with Gasteiger partial charge in [0.25, 0.3) is 5.91 Å². The van der Waals surface area contributed by atoms with Crippen LogP contribution in [0.25, 0.3) is 0 Å². The third-order valence-electron chi connectivity index (χ3n) is 4.67. The van der Waals surface area contributed by atoms with Gasteiger partial charge in [0, 0.05) is 37.2 Å². The van der Waals surface area contributed by atoms with E-state index in [1.807, 2.05) is 11.8 Å². The van der Waals surface area contributed by atoms with Crippen LogP contribution in [0, 0.1) is 5.82 Å². The summed E-state index contributed by atoms with van der Waals surface area (Å²) >= 11 is 5.87. The highest BCUT2D eigenvalue weighted by Gasteiger charge is 2.27. The monoisotopic (exact) mass is 391 g/mol. The Bertz CT molecular complexity index is 800. The molecule has 3 rings (SSSR count). The smallest absolute Gasteiger partial charge is 0.260 e. The number of benzene rings is 2. The normalized spacial score (nSPS) is 17.7. The molecular formula is C20H23ClFN3O2. The average molecular weight is 392 g/mol. The fourth-order valence-electron chi connectivity index (χ4n) is 3.27. The van der Waals surface area contributed by atoms with Gasteiger partial charge in [0.1, 0.15) is 11.6 Å². The molecule has 0 aromatic heterocycles. The van der Waals surface area contributed by atoms with E-state index in [9.17, 15) is 9.18 Å². The summed E-state index contributed by atoms with van der Waals surface area (Å²) in [5, 5.41) is 0.525. The molecule has 1 heterocycles. The maximum Gasteiger partial charge on any atom is 0.260 e. The van der Waals surface area contributed by atoms with Crippen molar-refractivity contribution in [3.05, 3.63) is 58.9 Å². The van der Waals surface area contributed by atoms with Crippen molar-refractivity contribution in [3.63, 3.8) is 0 Å². The zero-order valence-electron chi connectivity index (χ0n) is 15.2. The van der Waals surface area contributed by atoms with E-state index in [1.165, 1.54) is 12.1 Å². The maximum atomic E-state index is 13.0. The lowest BCUT2D eigenvalue weighted by Crippen LogP contribution is -2.54. The molecule has 1 aliphatic heterocycles. The zero-order valence-corrected chi connectivity index (χ0v) is 16.0. The van der Waals surface area contributed by atoms with Crippen LogP contribution in [0.1, 0.15) is 12.5 Å². The minimum Gasteiger partial charge on any atom is -0.482 e. The number of ether oxygens (including phenoxy) is 1. The van der Waals surface area contributed by atoms with E-state index in [0.717, 1.165) is 25.2 Å². The van der Waals surface area contributed by atoms with Crippen molar-refractivity contribution in [2.45, 2.75) is 19.5 Å². The Kier molecular flexibility index (Phi) is 6.19. The number of halogens is 2. The summed E-state index contributed by atoms with van der Waals surface area (Å²) in [5.41, 5.74) is 7.32. The number of amides is 1. The Labute approximate surface area is 163 Å². The standard InChI is InChI=1S/C20H23ClFN3O2/c1-14-11-24(12-15-2-5-17(22)6-3-15)8-9-25(14)20(26)13-27-19-7-4-16(21)10-18(19)23/h2-7,10,14H,8-9,11-13,23H2,1H3. The van der Waals surface area contributed by atoms with Crippen LogP contribution in [0.5, 0.6) is 5.75 Å². The van der Waals surface area contributed by atoms with Gasteiger partial charge in [-0.2, -0.15) is 0 Å². The molecule has 1 amide bonds. The molecular weight excluding hydrogens is 369 g/mol. The number of carbonyl (C=O) groups excluding carboxylic acids is 1. The highest BCUT2D eigenvalue weighted by molar-refractivity contribution is 6.30. The van der Waals surface area contributed by atoms with E-state index in [0.29, 0.717) is 23.0 Å². The summed E-state index contributed by atoms with van der Waals surface area (Å²) in [6, 6.07) is 11.5. The van der Waals surface area contributed by atoms with Gasteiger partial charge < -0.3 is 15.4 Å². The van der Waals surface area contributed by atoms with Crippen LogP contribution < -0.4 is 10.5 Å². The molecule has 2 aromatic carbocycles. The van der Waals surface area contributed by atoms with Crippen molar-refractivity contribution < 1.29 is 13.9 Å². The lowest BCUT2D eigenvalue weighted by Gasteiger charge is -2.39. The molecule has 27 heavy (non-hydrogen) atoms. The predicted octanol–water partition coefficient (Wildman–Crippen LogP) is 3.17. The van der Waals surface area contributed by atoms with Gasteiger partial charge in [-0.3, -0.25) is 9.69 Å². The van der Waals surface area contributed by atoms with E-state index in [2.05, 4.69) is 4.90 Å². The number of hydrogen-bond donors (Lipinski definition) is 1. The van der Waals surface area contributed by atoms with E-state index >= 15 is 0 Å². The van der Waals surface area contributed by atoms with Crippen LogP contribution in [0.2, 0.25) is 5.02 Å². The first kappa shape index (κ1) is 19.5. The SMILES string of the molecule is CC1CN(Cc2ccc(F)cc2)CCN1C(=O)COc1ccc(Cl)cc1N.